The Morgan fingerprint density at radius 1 is 1.11 bits per heavy atom. The lowest BCUT2D eigenvalue weighted by Crippen LogP contribution is -2.09. The Morgan fingerprint density at radius 2 is 1.86 bits per heavy atom. The third-order valence-electron chi connectivity index (χ3n) is 4.04. The number of hydrogen-bond donors (Lipinski definition) is 1. The fourth-order valence-electron chi connectivity index (χ4n) is 2.78. The Morgan fingerprint density at radius 3 is 2.54 bits per heavy atom. The van der Waals surface area contributed by atoms with Crippen molar-refractivity contribution in [3.63, 3.8) is 0 Å². The van der Waals surface area contributed by atoms with E-state index in [1.807, 2.05) is 0 Å². The maximum atomic E-state index is 12.5. The van der Waals surface area contributed by atoms with E-state index in [4.69, 9.17) is 37.4 Å². The van der Waals surface area contributed by atoms with Gasteiger partial charge in [0.05, 0.1) is 37.1 Å². The molecule has 0 radical (unpaired) electrons. The second kappa shape index (κ2) is 8.54. The minimum atomic E-state index is -0.504. The van der Waals surface area contributed by atoms with Crippen LogP contribution in [0.25, 0.3) is 10.9 Å². The number of carbonyl (C=O) groups excluding carboxylic acids is 1. The average Bonchev–Trinajstić information content (AvgIpc) is 2.68. The van der Waals surface area contributed by atoms with Crippen molar-refractivity contribution < 1.29 is 19.0 Å². The Hall–Kier alpha value is -2.70. The van der Waals surface area contributed by atoms with Gasteiger partial charge in [-0.3, -0.25) is 4.98 Å². The number of halogens is 2. The highest BCUT2D eigenvalue weighted by molar-refractivity contribution is 6.38. The van der Waals surface area contributed by atoms with Gasteiger partial charge in [-0.05, 0) is 31.2 Å². The van der Waals surface area contributed by atoms with Crippen LogP contribution in [0.3, 0.4) is 0 Å². The van der Waals surface area contributed by atoms with Crippen molar-refractivity contribution in [3.05, 3.63) is 52.1 Å². The number of anilines is 2. The van der Waals surface area contributed by atoms with E-state index in [0.717, 1.165) is 0 Å². The monoisotopic (exact) mass is 420 g/mol. The van der Waals surface area contributed by atoms with Crippen LogP contribution in [0.2, 0.25) is 10.0 Å². The number of esters is 1. The first-order chi connectivity index (χ1) is 13.5. The highest BCUT2D eigenvalue weighted by Crippen LogP contribution is 2.37. The van der Waals surface area contributed by atoms with Crippen LogP contribution in [-0.2, 0) is 4.74 Å². The van der Waals surface area contributed by atoms with Crippen molar-refractivity contribution in [2.24, 2.45) is 0 Å². The molecular formula is C20H18Cl2N2O4. The second-order valence-electron chi connectivity index (χ2n) is 5.75. The van der Waals surface area contributed by atoms with Crippen molar-refractivity contribution >= 4 is 51.4 Å². The molecule has 6 nitrogen and oxygen atoms in total. The lowest BCUT2D eigenvalue weighted by molar-refractivity contribution is 0.0527. The van der Waals surface area contributed by atoms with Crippen LogP contribution in [0.1, 0.15) is 17.3 Å². The topological polar surface area (TPSA) is 69.7 Å². The summed E-state index contributed by atoms with van der Waals surface area (Å²) in [6.07, 6.45) is 1.43. The number of nitrogens with one attached hydrogen (secondary N) is 1. The van der Waals surface area contributed by atoms with Crippen LogP contribution in [0.4, 0.5) is 11.4 Å². The van der Waals surface area contributed by atoms with Gasteiger partial charge in [-0.2, -0.15) is 0 Å². The summed E-state index contributed by atoms with van der Waals surface area (Å²) in [7, 11) is 3.11. The molecule has 8 heteroatoms. The highest BCUT2D eigenvalue weighted by Gasteiger charge is 2.19. The number of fused-ring (bicyclic) bond motifs is 1. The van der Waals surface area contributed by atoms with Crippen molar-refractivity contribution in [1.29, 1.82) is 0 Å². The molecule has 0 atom stereocenters. The van der Waals surface area contributed by atoms with Gasteiger partial charge < -0.3 is 19.5 Å². The summed E-state index contributed by atoms with van der Waals surface area (Å²) in [6, 6.07) is 8.61. The van der Waals surface area contributed by atoms with E-state index in [1.165, 1.54) is 6.20 Å². The average molecular weight is 421 g/mol. The first kappa shape index (κ1) is 20.0. The number of carbonyl (C=O) groups is 1. The predicted molar refractivity (Wildman–Crippen MR) is 111 cm³/mol. The number of benzene rings is 2. The SMILES string of the molecule is CCOC(=O)c1cnc2c(Cl)cc(Cl)cc2c1Nc1ccc(OC)c(OC)c1. The number of nitrogens with zero attached hydrogens (tertiary/aromatic N) is 1. The van der Waals surface area contributed by atoms with Gasteiger partial charge in [0.25, 0.3) is 0 Å². The number of hydrogen-bond acceptors (Lipinski definition) is 6. The molecule has 0 unspecified atom stereocenters. The van der Waals surface area contributed by atoms with E-state index in [2.05, 4.69) is 10.3 Å². The quantitative estimate of drug-likeness (QED) is 0.532. The third kappa shape index (κ3) is 3.93. The summed E-state index contributed by atoms with van der Waals surface area (Å²) in [5, 5.41) is 4.65. The number of pyridine rings is 1. The Kier molecular flexibility index (Phi) is 6.11. The van der Waals surface area contributed by atoms with Crippen LogP contribution >= 0.6 is 23.2 Å². The number of aromatic nitrogens is 1. The van der Waals surface area contributed by atoms with Gasteiger partial charge in [0.1, 0.15) is 5.56 Å². The summed E-state index contributed by atoms with van der Waals surface area (Å²) in [5.74, 6) is 0.625. The smallest absolute Gasteiger partial charge is 0.341 e. The summed E-state index contributed by atoms with van der Waals surface area (Å²) in [6.45, 7) is 1.98. The zero-order valence-corrected chi connectivity index (χ0v) is 17.0. The number of ether oxygens (including phenoxy) is 3. The molecule has 1 N–H and O–H groups in total. The van der Waals surface area contributed by atoms with Crippen molar-refractivity contribution in [3.8, 4) is 11.5 Å². The van der Waals surface area contributed by atoms with E-state index in [1.54, 1.807) is 51.5 Å². The van der Waals surface area contributed by atoms with Gasteiger partial charge in [-0.1, -0.05) is 23.2 Å². The van der Waals surface area contributed by atoms with Gasteiger partial charge >= 0.3 is 5.97 Å². The number of methoxy groups -OCH3 is 2. The van der Waals surface area contributed by atoms with Crippen LogP contribution in [0.5, 0.6) is 11.5 Å². The molecule has 0 saturated carbocycles. The van der Waals surface area contributed by atoms with Gasteiger partial charge in [-0.15, -0.1) is 0 Å². The molecule has 3 aromatic rings. The zero-order valence-electron chi connectivity index (χ0n) is 15.5. The van der Waals surface area contributed by atoms with Crippen LogP contribution < -0.4 is 14.8 Å². The summed E-state index contributed by atoms with van der Waals surface area (Å²) in [5.41, 5.74) is 1.94. The van der Waals surface area contributed by atoms with E-state index in [9.17, 15) is 4.79 Å². The van der Waals surface area contributed by atoms with Crippen LogP contribution in [0, 0.1) is 0 Å². The fraction of sp³-hybridized carbons (Fsp3) is 0.200. The Labute approximate surface area is 172 Å². The molecule has 0 saturated heterocycles. The number of rotatable bonds is 6. The molecule has 0 aliphatic heterocycles. The zero-order chi connectivity index (χ0) is 20.3. The summed E-state index contributed by atoms with van der Waals surface area (Å²) in [4.78, 5) is 16.8. The molecule has 0 aliphatic rings. The Bertz CT molecular complexity index is 1040. The van der Waals surface area contributed by atoms with E-state index < -0.39 is 5.97 Å². The van der Waals surface area contributed by atoms with Crippen molar-refractivity contribution in [1.82, 2.24) is 4.98 Å². The summed E-state index contributed by atoms with van der Waals surface area (Å²) >= 11 is 12.5. The van der Waals surface area contributed by atoms with Crippen molar-refractivity contribution in [2.75, 3.05) is 26.1 Å². The fourth-order valence-corrected chi connectivity index (χ4v) is 3.33. The highest BCUT2D eigenvalue weighted by atomic mass is 35.5. The van der Waals surface area contributed by atoms with Gasteiger partial charge in [0.15, 0.2) is 11.5 Å². The van der Waals surface area contributed by atoms with E-state index >= 15 is 0 Å². The molecule has 28 heavy (non-hydrogen) atoms. The van der Waals surface area contributed by atoms with Crippen LogP contribution in [-0.4, -0.2) is 31.8 Å². The minimum Gasteiger partial charge on any atom is -0.493 e. The molecule has 0 amide bonds. The predicted octanol–water partition coefficient (Wildman–Crippen LogP) is 5.48. The first-order valence-electron chi connectivity index (χ1n) is 8.42. The summed E-state index contributed by atoms with van der Waals surface area (Å²) < 4.78 is 15.8. The molecule has 0 spiro atoms. The maximum Gasteiger partial charge on any atom is 0.341 e. The van der Waals surface area contributed by atoms with Crippen LogP contribution in [0.15, 0.2) is 36.5 Å². The molecule has 3 rings (SSSR count). The van der Waals surface area contributed by atoms with Gasteiger partial charge in [0.2, 0.25) is 0 Å². The molecule has 146 valence electrons. The normalized spacial score (nSPS) is 10.6. The Balaban J connectivity index is 2.19. The third-order valence-corrected chi connectivity index (χ3v) is 4.54. The van der Waals surface area contributed by atoms with Crippen molar-refractivity contribution in [2.45, 2.75) is 6.92 Å². The molecule has 0 aliphatic carbocycles. The largest absolute Gasteiger partial charge is 0.493 e. The second-order valence-corrected chi connectivity index (χ2v) is 6.59. The molecular weight excluding hydrogens is 403 g/mol. The molecule has 0 fully saturated rings. The van der Waals surface area contributed by atoms with E-state index in [-0.39, 0.29) is 12.2 Å². The maximum absolute atomic E-state index is 12.5. The lowest BCUT2D eigenvalue weighted by atomic mass is 10.1. The standard InChI is InChI=1S/C20H18Cl2N2O4/c1-4-28-20(25)14-10-23-19-13(7-11(21)8-15(19)22)18(14)24-12-5-6-16(26-2)17(9-12)27-3/h5-10H,4H2,1-3H3,(H,23,24). The minimum absolute atomic E-state index is 0.239. The van der Waals surface area contributed by atoms with Gasteiger partial charge in [-0.25, -0.2) is 4.79 Å². The van der Waals surface area contributed by atoms with Gasteiger partial charge in [0, 0.05) is 28.4 Å². The molecule has 2 aromatic carbocycles. The van der Waals surface area contributed by atoms with E-state index in [0.29, 0.717) is 43.8 Å². The molecule has 0 bridgehead atoms. The first-order valence-corrected chi connectivity index (χ1v) is 9.18. The molecule has 1 heterocycles. The molecule has 1 aromatic heterocycles. The lowest BCUT2D eigenvalue weighted by Gasteiger charge is -2.16.